The van der Waals surface area contributed by atoms with Crippen LogP contribution in [0.4, 0.5) is 0 Å². The first-order valence-corrected chi connectivity index (χ1v) is 13.1. The average molecular weight is 518 g/mol. The van der Waals surface area contributed by atoms with Crippen LogP contribution in [0.1, 0.15) is 23.1 Å². The number of benzene rings is 5. The van der Waals surface area contributed by atoms with E-state index >= 15 is 0 Å². The smallest absolute Gasteiger partial charge is 0.326 e. The van der Waals surface area contributed by atoms with E-state index in [0.29, 0.717) is 18.8 Å². The number of carbonyl (C=O) groups is 2. The Balaban J connectivity index is 1.26. The van der Waals surface area contributed by atoms with Crippen LogP contribution in [-0.2, 0) is 29.0 Å². The number of hydrogen-bond donors (Lipinski definition) is 1. The Morgan fingerprint density at radius 3 is 1.97 bits per heavy atom. The molecule has 1 N–H and O–H groups in total. The predicted molar refractivity (Wildman–Crippen MR) is 155 cm³/mol. The Morgan fingerprint density at radius 1 is 0.769 bits per heavy atom. The lowest BCUT2D eigenvalue weighted by atomic mass is 9.93. The van der Waals surface area contributed by atoms with Crippen LogP contribution < -0.4 is 4.74 Å². The highest BCUT2D eigenvalue weighted by atomic mass is 16.5. The van der Waals surface area contributed by atoms with Crippen molar-refractivity contribution < 1.29 is 19.4 Å². The molecule has 5 heteroatoms. The number of ether oxygens (including phenoxy) is 1. The third-order valence-electron chi connectivity index (χ3n) is 7.22. The Bertz CT molecular complexity index is 1540. The van der Waals surface area contributed by atoms with Crippen LogP contribution in [0, 0.1) is 0 Å². The number of aliphatic carboxylic acids is 1. The van der Waals surface area contributed by atoms with Crippen LogP contribution in [0.2, 0.25) is 0 Å². The largest absolute Gasteiger partial charge is 0.489 e. The van der Waals surface area contributed by atoms with Crippen LogP contribution in [0.25, 0.3) is 21.5 Å². The molecular formula is C34H31NO4. The molecule has 0 bridgehead atoms. The predicted octanol–water partition coefficient (Wildman–Crippen LogP) is 6.66. The molecule has 39 heavy (non-hydrogen) atoms. The molecular weight excluding hydrogens is 486 g/mol. The number of likely N-dealkylation sites (N-methyl/N-ethyl adjacent to an activating group) is 1. The quantitative estimate of drug-likeness (QED) is 0.210. The van der Waals surface area contributed by atoms with Crippen molar-refractivity contribution in [1.82, 2.24) is 4.90 Å². The topological polar surface area (TPSA) is 66.8 Å². The molecule has 5 aromatic carbocycles. The molecule has 0 spiro atoms. The number of carbonyl (C=O) groups excluding carboxylic acids is 1. The number of rotatable bonds is 10. The average Bonchev–Trinajstić information content (AvgIpc) is 2.97. The zero-order valence-electron chi connectivity index (χ0n) is 21.9. The molecule has 196 valence electrons. The van der Waals surface area contributed by atoms with Gasteiger partial charge in [0.25, 0.3) is 0 Å². The highest BCUT2D eigenvalue weighted by molar-refractivity contribution is 6.02. The maximum Gasteiger partial charge on any atom is 0.326 e. The van der Waals surface area contributed by atoms with Crippen molar-refractivity contribution in [2.75, 3.05) is 7.05 Å². The summed E-state index contributed by atoms with van der Waals surface area (Å²) in [4.78, 5) is 26.8. The summed E-state index contributed by atoms with van der Waals surface area (Å²) in [6, 6.07) is 34.9. The van der Waals surface area contributed by atoms with E-state index in [0.717, 1.165) is 38.2 Å². The normalized spacial score (nSPS) is 11.8. The molecule has 5 rings (SSSR count). The van der Waals surface area contributed by atoms with Gasteiger partial charge in [-0.05, 0) is 62.9 Å². The standard InChI is InChI=1S/C34H31NO4/c1-35(32(34(37)38)21-24-15-17-28(18-16-24)39-23-25-9-3-2-4-10-25)33(36)20-19-31-29-13-7-5-11-26(29)22-27-12-6-8-14-30(27)31/h2-18,22,32H,19-21,23H2,1H3,(H,37,38). The fraction of sp³-hybridized carbons (Fsp3) is 0.176. The van der Waals surface area contributed by atoms with E-state index < -0.39 is 12.0 Å². The van der Waals surface area contributed by atoms with Crippen LogP contribution >= 0.6 is 0 Å². The van der Waals surface area contributed by atoms with Crippen molar-refractivity contribution in [1.29, 1.82) is 0 Å². The van der Waals surface area contributed by atoms with E-state index in [1.165, 1.54) is 4.90 Å². The molecule has 5 nitrogen and oxygen atoms in total. The minimum atomic E-state index is -1.02. The maximum absolute atomic E-state index is 13.2. The van der Waals surface area contributed by atoms with Crippen LogP contribution in [0.15, 0.2) is 109 Å². The summed E-state index contributed by atoms with van der Waals surface area (Å²) in [6.07, 6.45) is 0.975. The molecule has 0 saturated heterocycles. The Hall–Kier alpha value is -4.64. The fourth-order valence-corrected chi connectivity index (χ4v) is 5.04. The molecule has 0 radical (unpaired) electrons. The second-order valence-electron chi connectivity index (χ2n) is 9.78. The highest BCUT2D eigenvalue weighted by Crippen LogP contribution is 2.29. The Labute approximate surface area is 228 Å². The SMILES string of the molecule is CN(C(=O)CCc1c2ccccc2cc2ccccc12)C(Cc1ccc(OCc2ccccc2)cc1)C(=O)O. The molecule has 5 aromatic rings. The van der Waals surface area contributed by atoms with E-state index in [9.17, 15) is 14.7 Å². The molecule has 1 unspecified atom stereocenters. The van der Waals surface area contributed by atoms with Gasteiger partial charge in [-0.2, -0.15) is 0 Å². The molecule has 0 aliphatic rings. The summed E-state index contributed by atoms with van der Waals surface area (Å²) in [5.74, 6) is -0.505. The minimum Gasteiger partial charge on any atom is -0.489 e. The van der Waals surface area contributed by atoms with Crippen molar-refractivity contribution in [2.45, 2.75) is 31.9 Å². The summed E-state index contributed by atoms with van der Waals surface area (Å²) < 4.78 is 5.84. The van der Waals surface area contributed by atoms with Crippen molar-refractivity contribution >= 4 is 33.4 Å². The highest BCUT2D eigenvalue weighted by Gasteiger charge is 2.27. The van der Waals surface area contributed by atoms with Gasteiger partial charge in [-0.1, -0.05) is 91.0 Å². The molecule has 0 aliphatic carbocycles. The van der Waals surface area contributed by atoms with Gasteiger partial charge in [0.2, 0.25) is 5.91 Å². The first-order valence-electron chi connectivity index (χ1n) is 13.1. The van der Waals surface area contributed by atoms with Gasteiger partial charge in [0, 0.05) is 19.9 Å². The number of fused-ring (bicyclic) bond motifs is 2. The maximum atomic E-state index is 13.2. The first kappa shape index (κ1) is 26.0. The van der Waals surface area contributed by atoms with E-state index in [-0.39, 0.29) is 18.7 Å². The van der Waals surface area contributed by atoms with Gasteiger partial charge in [0.15, 0.2) is 0 Å². The van der Waals surface area contributed by atoms with E-state index in [1.54, 1.807) is 7.05 Å². The summed E-state index contributed by atoms with van der Waals surface area (Å²) in [5.41, 5.74) is 3.02. The summed E-state index contributed by atoms with van der Waals surface area (Å²) in [6.45, 7) is 0.459. The molecule has 0 saturated carbocycles. The van der Waals surface area contributed by atoms with E-state index in [4.69, 9.17) is 4.74 Å². The third-order valence-corrected chi connectivity index (χ3v) is 7.22. The molecule has 0 aliphatic heterocycles. The molecule has 0 aromatic heterocycles. The van der Waals surface area contributed by atoms with Gasteiger partial charge >= 0.3 is 5.97 Å². The van der Waals surface area contributed by atoms with Crippen molar-refractivity contribution in [3.8, 4) is 5.75 Å². The number of amides is 1. The third kappa shape index (κ3) is 6.10. The van der Waals surface area contributed by atoms with E-state index in [2.05, 4.69) is 30.3 Å². The van der Waals surface area contributed by atoms with E-state index in [1.807, 2.05) is 78.9 Å². The number of nitrogens with zero attached hydrogens (tertiary/aromatic N) is 1. The summed E-state index contributed by atoms with van der Waals surface area (Å²) in [7, 11) is 1.58. The molecule has 0 heterocycles. The molecule has 1 amide bonds. The molecule has 1 atom stereocenters. The lowest BCUT2D eigenvalue weighted by Gasteiger charge is -2.25. The van der Waals surface area contributed by atoms with Crippen LogP contribution in [0.5, 0.6) is 5.75 Å². The lowest BCUT2D eigenvalue weighted by molar-refractivity contribution is -0.149. The van der Waals surface area contributed by atoms with Crippen molar-refractivity contribution in [3.63, 3.8) is 0 Å². The second-order valence-corrected chi connectivity index (χ2v) is 9.78. The second kappa shape index (κ2) is 11.8. The van der Waals surface area contributed by atoms with Gasteiger partial charge < -0.3 is 14.7 Å². The van der Waals surface area contributed by atoms with Crippen LogP contribution in [-0.4, -0.2) is 35.0 Å². The monoisotopic (exact) mass is 517 g/mol. The van der Waals surface area contributed by atoms with Gasteiger partial charge in [0.1, 0.15) is 18.4 Å². The van der Waals surface area contributed by atoms with Crippen LogP contribution in [0.3, 0.4) is 0 Å². The number of aryl methyl sites for hydroxylation is 1. The number of carboxylic acid groups (broad SMARTS) is 1. The molecule has 0 fully saturated rings. The van der Waals surface area contributed by atoms with Gasteiger partial charge in [-0.15, -0.1) is 0 Å². The van der Waals surface area contributed by atoms with Gasteiger partial charge in [-0.3, -0.25) is 4.79 Å². The fourth-order valence-electron chi connectivity index (χ4n) is 5.04. The zero-order valence-corrected chi connectivity index (χ0v) is 21.9. The van der Waals surface area contributed by atoms with Crippen molar-refractivity contribution in [3.05, 3.63) is 126 Å². The number of hydrogen-bond acceptors (Lipinski definition) is 3. The summed E-state index contributed by atoms with van der Waals surface area (Å²) in [5, 5.41) is 14.5. The lowest BCUT2D eigenvalue weighted by Crippen LogP contribution is -2.43. The Morgan fingerprint density at radius 2 is 1.36 bits per heavy atom. The zero-order chi connectivity index (χ0) is 27.2. The van der Waals surface area contributed by atoms with Gasteiger partial charge in [0.05, 0.1) is 0 Å². The van der Waals surface area contributed by atoms with Crippen molar-refractivity contribution in [2.24, 2.45) is 0 Å². The number of carboxylic acids is 1. The van der Waals surface area contributed by atoms with Gasteiger partial charge in [-0.25, -0.2) is 4.79 Å². The summed E-state index contributed by atoms with van der Waals surface area (Å²) >= 11 is 0. The minimum absolute atomic E-state index is 0.192. The first-order chi connectivity index (χ1) is 19.0. The Kier molecular flexibility index (Phi) is 7.88.